The summed E-state index contributed by atoms with van der Waals surface area (Å²) in [5.41, 5.74) is 1.01. The highest BCUT2D eigenvalue weighted by molar-refractivity contribution is 9.10. The Morgan fingerprint density at radius 1 is 1.21 bits per heavy atom. The van der Waals surface area contributed by atoms with E-state index in [-0.39, 0.29) is 5.92 Å². The van der Waals surface area contributed by atoms with Crippen LogP contribution in [0.1, 0.15) is 12.8 Å². The minimum absolute atomic E-state index is 0.214. The molecule has 1 aromatic carbocycles. The number of hydrogen-bond acceptors (Lipinski definition) is 3. The number of hydrogen-bond donors (Lipinski definition) is 0. The van der Waals surface area contributed by atoms with Crippen LogP contribution in [0, 0.1) is 17.2 Å². The van der Waals surface area contributed by atoms with Gasteiger partial charge in [-0.15, -0.1) is 0 Å². The van der Waals surface area contributed by atoms with E-state index in [0.717, 1.165) is 47.1 Å². The highest BCUT2D eigenvalue weighted by atomic mass is 79.9. The second-order valence-corrected chi connectivity index (χ2v) is 5.81. The van der Waals surface area contributed by atoms with E-state index in [4.69, 9.17) is 10.2 Å². The van der Waals surface area contributed by atoms with Crippen molar-refractivity contribution in [1.29, 1.82) is 5.26 Å². The summed E-state index contributed by atoms with van der Waals surface area (Å²) >= 11 is 3.48. The number of piperidine rings is 1. The fourth-order valence-corrected chi connectivity index (χ4v) is 2.84. The number of nitriles is 1. The van der Waals surface area contributed by atoms with Crippen LogP contribution in [0.15, 0.2) is 34.8 Å². The second-order valence-electron chi connectivity index (χ2n) is 4.90. The van der Waals surface area contributed by atoms with Crippen LogP contribution < -0.4 is 4.90 Å². The van der Waals surface area contributed by atoms with Crippen molar-refractivity contribution in [2.75, 3.05) is 18.0 Å². The molecule has 0 saturated carbocycles. The van der Waals surface area contributed by atoms with Gasteiger partial charge in [-0.05, 0) is 37.1 Å². The molecule has 1 fully saturated rings. The third kappa shape index (κ3) is 2.57. The largest absolute Gasteiger partial charge is 0.357 e. The molecule has 1 aromatic heterocycles. The molecule has 1 saturated heterocycles. The molecular weight excluding hydrogens is 302 g/mol. The summed E-state index contributed by atoms with van der Waals surface area (Å²) in [6.45, 7) is 1.84. The molecule has 0 N–H and O–H groups in total. The average molecular weight is 316 g/mol. The summed E-state index contributed by atoms with van der Waals surface area (Å²) in [6, 6.07) is 12.7. The minimum atomic E-state index is 0.214. The summed E-state index contributed by atoms with van der Waals surface area (Å²) in [7, 11) is 0. The minimum Gasteiger partial charge on any atom is -0.357 e. The molecule has 0 radical (unpaired) electrons. The Labute approximate surface area is 121 Å². The number of benzene rings is 1. The molecular formula is C15H14BrN3. The van der Waals surface area contributed by atoms with Crippen molar-refractivity contribution in [3.63, 3.8) is 0 Å². The lowest BCUT2D eigenvalue weighted by atomic mass is 9.99. The van der Waals surface area contributed by atoms with Crippen molar-refractivity contribution in [3.05, 3.63) is 34.8 Å². The first-order chi connectivity index (χ1) is 9.26. The van der Waals surface area contributed by atoms with E-state index in [1.807, 2.05) is 12.1 Å². The Balaban J connectivity index is 1.87. The van der Waals surface area contributed by atoms with Crippen LogP contribution in [0.2, 0.25) is 0 Å². The molecule has 96 valence electrons. The summed E-state index contributed by atoms with van der Waals surface area (Å²) in [5, 5.41) is 10.1. The molecule has 3 nitrogen and oxygen atoms in total. The quantitative estimate of drug-likeness (QED) is 0.805. The lowest BCUT2D eigenvalue weighted by Crippen LogP contribution is -2.33. The van der Waals surface area contributed by atoms with Gasteiger partial charge in [-0.2, -0.15) is 5.26 Å². The number of pyridine rings is 1. The number of anilines is 1. The third-order valence-electron chi connectivity index (χ3n) is 3.64. The fourth-order valence-electron chi connectivity index (χ4n) is 2.49. The molecule has 0 amide bonds. The second kappa shape index (κ2) is 5.18. The molecule has 1 aliphatic rings. The van der Waals surface area contributed by atoms with Gasteiger partial charge in [0.15, 0.2) is 0 Å². The van der Waals surface area contributed by atoms with Crippen molar-refractivity contribution < 1.29 is 0 Å². The van der Waals surface area contributed by atoms with E-state index in [1.54, 1.807) is 0 Å². The van der Waals surface area contributed by atoms with Gasteiger partial charge in [0, 0.05) is 28.9 Å². The molecule has 2 heterocycles. The van der Waals surface area contributed by atoms with Crippen molar-refractivity contribution in [1.82, 2.24) is 4.98 Å². The molecule has 0 bridgehead atoms. The van der Waals surface area contributed by atoms with E-state index < -0.39 is 0 Å². The van der Waals surface area contributed by atoms with E-state index in [9.17, 15) is 0 Å². The third-order valence-corrected chi connectivity index (χ3v) is 4.13. The van der Waals surface area contributed by atoms with Crippen LogP contribution in [0.4, 0.5) is 5.82 Å². The van der Waals surface area contributed by atoms with Crippen LogP contribution in [0.5, 0.6) is 0 Å². The zero-order valence-electron chi connectivity index (χ0n) is 10.5. The van der Waals surface area contributed by atoms with E-state index >= 15 is 0 Å². The predicted molar refractivity (Wildman–Crippen MR) is 80.0 cm³/mol. The van der Waals surface area contributed by atoms with Gasteiger partial charge in [-0.25, -0.2) is 4.98 Å². The number of nitrogens with zero attached hydrogens (tertiary/aromatic N) is 3. The van der Waals surface area contributed by atoms with Crippen molar-refractivity contribution >= 4 is 32.7 Å². The summed E-state index contributed by atoms with van der Waals surface area (Å²) in [5.74, 6) is 1.23. The van der Waals surface area contributed by atoms with E-state index in [1.165, 1.54) is 0 Å². The first-order valence-corrected chi connectivity index (χ1v) is 7.26. The first kappa shape index (κ1) is 12.4. The summed E-state index contributed by atoms with van der Waals surface area (Å²) < 4.78 is 1.05. The van der Waals surface area contributed by atoms with Gasteiger partial charge in [0.05, 0.1) is 11.6 Å². The van der Waals surface area contributed by atoms with Gasteiger partial charge in [-0.3, -0.25) is 0 Å². The number of aromatic nitrogens is 1. The number of fused-ring (bicyclic) bond motifs is 1. The van der Waals surface area contributed by atoms with Crippen LogP contribution in [0.3, 0.4) is 0 Å². The monoisotopic (exact) mass is 315 g/mol. The molecule has 2 aromatic rings. The SMILES string of the molecule is N#CC1CCN(c2ccc3ccc(Br)cc3n2)CC1. The van der Waals surface area contributed by atoms with Gasteiger partial charge in [-0.1, -0.05) is 22.0 Å². The van der Waals surface area contributed by atoms with Gasteiger partial charge >= 0.3 is 0 Å². The predicted octanol–water partition coefficient (Wildman–Crippen LogP) is 3.74. The smallest absolute Gasteiger partial charge is 0.129 e. The Hall–Kier alpha value is -1.60. The number of halogens is 1. The highest BCUT2D eigenvalue weighted by Gasteiger charge is 2.19. The maximum atomic E-state index is 8.93. The molecule has 0 unspecified atom stereocenters. The maximum absolute atomic E-state index is 8.93. The lowest BCUT2D eigenvalue weighted by molar-refractivity contribution is 0.485. The summed E-state index contributed by atoms with van der Waals surface area (Å²) in [6.07, 6.45) is 1.88. The zero-order chi connectivity index (χ0) is 13.2. The van der Waals surface area contributed by atoms with E-state index in [2.05, 4.69) is 45.1 Å². The van der Waals surface area contributed by atoms with Crippen LogP contribution in [-0.2, 0) is 0 Å². The van der Waals surface area contributed by atoms with Crippen LogP contribution in [0.25, 0.3) is 10.9 Å². The molecule has 0 spiro atoms. The summed E-state index contributed by atoms with van der Waals surface area (Å²) in [4.78, 5) is 7.00. The molecule has 19 heavy (non-hydrogen) atoms. The molecule has 4 heteroatoms. The Kier molecular flexibility index (Phi) is 3.39. The molecule has 1 aliphatic heterocycles. The zero-order valence-corrected chi connectivity index (χ0v) is 12.1. The Morgan fingerprint density at radius 2 is 1.95 bits per heavy atom. The van der Waals surface area contributed by atoms with Crippen molar-refractivity contribution in [2.45, 2.75) is 12.8 Å². The topological polar surface area (TPSA) is 39.9 Å². The highest BCUT2D eigenvalue weighted by Crippen LogP contribution is 2.25. The molecule has 0 aliphatic carbocycles. The van der Waals surface area contributed by atoms with Crippen molar-refractivity contribution in [2.24, 2.45) is 5.92 Å². The Bertz CT molecular complexity index is 639. The van der Waals surface area contributed by atoms with Gasteiger partial charge in [0.25, 0.3) is 0 Å². The fraction of sp³-hybridized carbons (Fsp3) is 0.333. The average Bonchev–Trinajstić information content (AvgIpc) is 2.46. The van der Waals surface area contributed by atoms with Gasteiger partial charge in [0.1, 0.15) is 5.82 Å². The number of rotatable bonds is 1. The van der Waals surface area contributed by atoms with Gasteiger partial charge < -0.3 is 4.90 Å². The standard InChI is InChI=1S/C15H14BrN3/c16-13-3-1-12-2-4-15(18-14(12)9-13)19-7-5-11(10-17)6-8-19/h1-4,9,11H,5-8H2. The molecule has 0 atom stereocenters. The van der Waals surface area contributed by atoms with E-state index in [0.29, 0.717) is 0 Å². The first-order valence-electron chi connectivity index (χ1n) is 6.47. The van der Waals surface area contributed by atoms with Crippen LogP contribution in [-0.4, -0.2) is 18.1 Å². The lowest BCUT2D eigenvalue weighted by Gasteiger charge is -2.30. The maximum Gasteiger partial charge on any atom is 0.129 e. The van der Waals surface area contributed by atoms with Crippen molar-refractivity contribution in [3.8, 4) is 6.07 Å². The van der Waals surface area contributed by atoms with Gasteiger partial charge in [0.2, 0.25) is 0 Å². The van der Waals surface area contributed by atoms with Crippen LogP contribution >= 0.6 is 15.9 Å². The Morgan fingerprint density at radius 3 is 2.68 bits per heavy atom. The molecule has 3 rings (SSSR count). The normalized spacial score (nSPS) is 16.5.